The van der Waals surface area contributed by atoms with Gasteiger partial charge in [0.25, 0.3) is 0 Å². The summed E-state index contributed by atoms with van der Waals surface area (Å²) in [4.78, 5) is 11.8. The van der Waals surface area contributed by atoms with Gasteiger partial charge in [-0.05, 0) is 32.9 Å². The number of anilines is 1. The Bertz CT molecular complexity index is 394. The molecular formula is C12H17NO3. The molecule has 16 heavy (non-hydrogen) atoms. The van der Waals surface area contributed by atoms with Gasteiger partial charge in [0.1, 0.15) is 11.4 Å². The number of nitrogens with two attached hydrogens (primary N) is 1. The van der Waals surface area contributed by atoms with E-state index in [0.29, 0.717) is 17.0 Å². The zero-order chi connectivity index (χ0) is 12.3. The first kappa shape index (κ1) is 12.4. The van der Waals surface area contributed by atoms with Gasteiger partial charge in [-0.25, -0.2) is 4.79 Å². The summed E-state index contributed by atoms with van der Waals surface area (Å²) in [7, 11) is 1.50. The minimum atomic E-state index is -0.535. The molecule has 88 valence electrons. The van der Waals surface area contributed by atoms with Gasteiger partial charge < -0.3 is 15.2 Å². The van der Waals surface area contributed by atoms with Crippen LogP contribution in [0.25, 0.3) is 0 Å². The number of rotatable bonds is 2. The van der Waals surface area contributed by atoms with Crippen LogP contribution in [-0.4, -0.2) is 18.7 Å². The van der Waals surface area contributed by atoms with E-state index in [1.165, 1.54) is 7.11 Å². The average Bonchev–Trinajstić information content (AvgIpc) is 2.15. The normalized spacial score (nSPS) is 11.0. The third-order valence-electron chi connectivity index (χ3n) is 1.90. The highest BCUT2D eigenvalue weighted by Crippen LogP contribution is 2.26. The molecule has 2 N–H and O–H groups in total. The van der Waals surface area contributed by atoms with Crippen molar-refractivity contribution in [1.82, 2.24) is 0 Å². The first-order valence-corrected chi connectivity index (χ1v) is 5.01. The molecule has 0 fully saturated rings. The van der Waals surface area contributed by atoms with Crippen molar-refractivity contribution in [3.05, 3.63) is 23.8 Å². The summed E-state index contributed by atoms with van der Waals surface area (Å²) in [6, 6.07) is 5.02. The first-order chi connectivity index (χ1) is 7.35. The lowest BCUT2D eigenvalue weighted by Gasteiger charge is -2.20. The number of esters is 1. The summed E-state index contributed by atoms with van der Waals surface area (Å²) in [5, 5.41) is 0. The standard InChI is InChI=1S/C12H17NO3/c1-12(2,3)16-11(14)8-6-5-7-9(15-4)10(8)13/h5-7H,13H2,1-4H3. The Hall–Kier alpha value is -1.71. The predicted octanol–water partition coefficient (Wildman–Crippen LogP) is 2.23. The van der Waals surface area contributed by atoms with E-state index in [0.717, 1.165) is 0 Å². The quantitative estimate of drug-likeness (QED) is 0.617. The molecule has 4 heteroatoms. The fraction of sp³-hybridized carbons (Fsp3) is 0.417. The molecule has 0 aliphatic heterocycles. The Labute approximate surface area is 95.3 Å². The predicted molar refractivity (Wildman–Crippen MR) is 62.6 cm³/mol. The Kier molecular flexibility index (Phi) is 3.42. The van der Waals surface area contributed by atoms with Crippen molar-refractivity contribution in [2.24, 2.45) is 0 Å². The number of carbonyl (C=O) groups excluding carboxylic acids is 1. The van der Waals surface area contributed by atoms with Gasteiger partial charge in [0.15, 0.2) is 0 Å². The smallest absolute Gasteiger partial charge is 0.340 e. The molecule has 0 aromatic heterocycles. The molecule has 0 amide bonds. The highest BCUT2D eigenvalue weighted by atomic mass is 16.6. The van der Waals surface area contributed by atoms with E-state index in [-0.39, 0.29) is 0 Å². The van der Waals surface area contributed by atoms with Crippen LogP contribution in [0.15, 0.2) is 18.2 Å². The second-order valence-corrected chi connectivity index (χ2v) is 4.42. The van der Waals surface area contributed by atoms with Gasteiger partial charge in [0, 0.05) is 0 Å². The molecule has 1 aromatic carbocycles. The van der Waals surface area contributed by atoms with Gasteiger partial charge in [-0.1, -0.05) is 6.07 Å². The molecule has 0 saturated carbocycles. The van der Waals surface area contributed by atoms with E-state index >= 15 is 0 Å². The van der Waals surface area contributed by atoms with E-state index in [1.54, 1.807) is 39.0 Å². The lowest BCUT2D eigenvalue weighted by molar-refractivity contribution is 0.00705. The monoisotopic (exact) mass is 223 g/mol. The lowest BCUT2D eigenvalue weighted by Crippen LogP contribution is -2.24. The summed E-state index contributed by atoms with van der Waals surface area (Å²) in [5.41, 5.74) is 5.89. The van der Waals surface area contributed by atoms with Crippen LogP contribution in [0, 0.1) is 0 Å². The molecule has 0 heterocycles. The molecule has 0 saturated heterocycles. The number of hydrogen-bond acceptors (Lipinski definition) is 4. The van der Waals surface area contributed by atoms with E-state index in [4.69, 9.17) is 15.2 Å². The van der Waals surface area contributed by atoms with Crippen molar-refractivity contribution in [3.8, 4) is 5.75 Å². The summed E-state index contributed by atoms with van der Waals surface area (Å²) in [6.45, 7) is 5.42. The molecule has 0 radical (unpaired) electrons. The second kappa shape index (κ2) is 4.43. The van der Waals surface area contributed by atoms with E-state index < -0.39 is 11.6 Å². The van der Waals surface area contributed by atoms with Gasteiger partial charge in [-0.3, -0.25) is 0 Å². The fourth-order valence-electron chi connectivity index (χ4n) is 1.23. The Balaban J connectivity index is 3.01. The maximum absolute atomic E-state index is 11.8. The molecule has 0 atom stereocenters. The van der Waals surface area contributed by atoms with Gasteiger partial charge in [-0.15, -0.1) is 0 Å². The number of methoxy groups -OCH3 is 1. The van der Waals surface area contributed by atoms with Crippen LogP contribution < -0.4 is 10.5 Å². The van der Waals surface area contributed by atoms with Crippen molar-refractivity contribution in [2.45, 2.75) is 26.4 Å². The van der Waals surface area contributed by atoms with Crippen molar-refractivity contribution < 1.29 is 14.3 Å². The Morgan fingerprint density at radius 1 is 1.31 bits per heavy atom. The Morgan fingerprint density at radius 2 is 1.94 bits per heavy atom. The Morgan fingerprint density at radius 3 is 2.44 bits per heavy atom. The SMILES string of the molecule is COc1cccc(C(=O)OC(C)(C)C)c1N. The highest BCUT2D eigenvalue weighted by molar-refractivity contribution is 5.96. The molecule has 1 rings (SSSR count). The van der Waals surface area contributed by atoms with Crippen LogP contribution in [0.3, 0.4) is 0 Å². The summed E-state index contributed by atoms with van der Waals surface area (Å²) in [6.07, 6.45) is 0. The minimum absolute atomic E-state index is 0.305. The number of ether oxygens (including phenoxy) is 2. The maximum atomic E-state index is 11.8. The molecule has 0 spiro atoms. The van der Waals surface area contributed by atoms with Crippen LogP contribution >= 0.6 is 0 Å². The molecule has 0 unspecified atom stereocenters. The van der Waals surface area contributed by atoms with Crippen LogP contribution in [-0.2, 0) is 4.74 Å². The van der Waals surface area contributed by atoms with Crippen molar-refractivity contribution >= 4 is 11.7 Å². The average molecular weight is 223 g/mol. The molecular weight excluding hydrogens is 206 g/mol. The number of hydrogen-bond donors (Lipinski definition) is 1. The second-order valence-electron chi connectivity index (χ2n) is 4.42. The lowest BCUT2D eigenvalue weighted by atomic mass is 10.1. The van der Waals surface area contributed by atoms with Crippen LogP contribution in [0.2, 0.25) is 0 Å². The molecule has 0 bridgehead atoms. The highest BCUT2D eigenvalue weighted by Gasteiger charge is 2.20. The third kappa shape index (κ3) is 2.89. The number of nitrogen functional groups attached to an aromatic ring is 1. The third-order valence-corrected chi connectivity index (χ3v) is 1.90. The van der Waals surface area contributed by atoms with E-state index in [2.05, 4.69) is 0 Å². The fourth-order valence-corrected chi connectivity index (χ4v) is 1.23. The minimum Gasteiger partial charge on any atom is -0.495 e. The number of carbonyl (C=O) groups is 1. The van der Waals surface area contributed by atoms with Gasteiger partial charge in [0.2, 0.25) is 0 Å². The molecule has 0 aliphatic carbocycles. The van der Waals surface area contributed by atoms with E-state index in [9.17, 15) is 4.79 Å². The molecule has 4 nitrogen and oxygen atoms in total. The number of benzene rings is 1. The molecule has 0 aliphatic rings. The zero-order valence-corrected chi connectivity index (χ0v) is 10.0. The van der Waals surface area contributed by atoms with Crippen molar-refractivity contribution in [1.29, 1.82) is 0 Å². The summed E-state index contributed by atoms with van der Waals surface area (Å²) in [5.74, 6) is 0.0345. The van der Waals surface area contributed by atoms with Crippen LogP contribution in [0.4, 0.5) is 5.69 Å². The molecule has 1 aromatic rings. The maximum Gasteiger partial charge on any atom is 0.340 e. The zero-order valence-electron chi connectivity index (χ0n) is 10.0. The van der Waals surface area contributed by atoms with Crippen molar-refractivity contribution in [2.75, 3.05) is 12.8 Å². The summed E-state index contributed by atoms with van der Waals surface area (Å²) >= 11 is 0. The van der Waals surface area contributed by atoms with Gasteiger partial charge in [0.05, 0.1) is 18.4 Å². The first-order valence-electron chi connectivity index (χ1n) is 5.01. The van der Waals surface area contributed by atoms with Crippen molar-refractivity contribution in [3.63, 3.8) is 0 Å². The van der Waals surface area contributed by atoms with E-state index in [1.807, 2.05) is 0 Å². The summed E-state index contributed by atoms with van der Waals surface area (Å²) < 4.78 is 10.3. The van der Waals surface area contributed by atoms with Gasteiger partial charge in [-0.2, -0.15) is 0 Å². The number of para-hydroxylation sites is 1. The van der Waals surface area contributed by atoms with Crippen LogP contribution in [0.5, 0.6) is 5.75 Å². The van der Waals surface area contributed by atoms with Crippen LogP contribution in [0.1, 0.15) is 31.1 Å². The largest absolute Gasteiger partial charge is 0.495 e. The van der Waals surface area contributed by atoms with Gasteiger partial charge >= 0.3 is 5.97 Å². The topological polar surface area (TPSA) is 61.5 Å².